The van der Waals surface area contributed by atoms with E-state index in [0.29, 0.717) is 48.3 Å². The minimum atomic E-state index is -0.451. The van der Waals surface area contributed by atoms with E-state index in [1.807, 2.05) is 19.1 Å². The Labute approximate surface area is 127 Å². The van der Waals surface area contributed by atoms with E-state index in [1.165, 1.54) is 0 Å². The summed E-state index contributed by atoms with van der Waals surface area (Å²) in [5.74, 6) is 0.302. The van der Waals surface area contributed by atoms with Crippen molar-refractivity contribution >= 4 is 34.5 Å². The van der Waals surface area contributed by atoms with Crippen molar-refractivity contribution in [2.75, 3.05) is 32.0 Å². The molecule has 1 aliphatic rings. The zero-order valence-corrected chi connectivity index (χ0v) is 12.5. The molecule has 1 amide bonds. The van der Waals surface area contributed by atoms with E-state index in [0.717, 1.165) is 0 Å². The number of nitrogens with zero attached hydrogens (tertiary/aromatic N) is 3. The van der Waals surface area contributed by atoms with Crippen molar-refractivity contribution in [2.45, 2.75) is 13.0 Å². The third-order valence-corrected chi connectivity index (χ3v) is 4.06. The molecule has 1 saturated heterocycles. The van der Waals surface area contributed by atoms with Crippen LogP contribution in [0.1, 0.15) is 13.0 Å². The fourth-order valence-electron chi connectivity index (χ4n) is 2.67. The van der Waals surface area contributed by atoms with Crippen molar-refractivity contribution in [3.05, 3.63) is 23.2 Å². The number of para-hydroxylation sites is 1. The molecule has 1 aromatic heterocycles. The molecule has 2 heterocycles. The van der Waals surface area contributed by atoms with Gasteiger partial charge in [-0.05, 0) is 19.1 Å². The molecule has 3 rings (SSSR count). The van der Waals surface area contributed by atoms with Crippen LogP contribution in [-0.2, 0) is 9.53 Å². The van der Waals surface area contributed by atoms with Crippen molar-refractivity contribution in [3.8, 4) is 0 Å². The Balaban J connectivity index is 1.99. The summed E-state index contributed by atoms with van der Waals surface area (Å²) in [4.78, 5) is 18.7. The van der Waals surface area contributed by atoms with Gasteiger partial charge in [0.15, 0.2) is 0 Å². The summed E-state index contributed by atoms with van der Waals surface area (Å²) >= 11 is 6.25. The van der Waals surface area contributed by atoms with Gasteiger partial charge in [-0.15, -0.1) is 0 Å². The molecule has 6 nitrogen and oxygen atoms in total. The number of hydrogen-bond donors (Lipinski definition) is 1. The summed E-state index contributed by atoms with van der Waals surface area (Å²) in [7, 11) is 0. The number of imidazole rings is 1. The van der Waals surface area contributed by atoms with Crippen molar-refractivity contribution in [3.63, 3.8) is 0 Å². The normalized spacial score (nSPS) is 17.1. The van der Waals surface area contributed by atoms with E-state index < -0.39 is 6.04 Å². The predicted molar refractivity (Wildman–Crippen MR) is 81.3 cm³/mol. The highest BCUT2D eigenvalue weighted by Crippen LogP contribution is 2.29. The number of fused-ring (bicyclic) bond motifs is 1. The summed E-state index contributed by atoms with van der Waals surface area (Å²) in [6.45, 7) is 4.16. The number of benzene rings is 1. The first-order valence-electron chi connectivity index (χ1n) is 6.88. The molecule has 2 N–H and O–H groups in total. The highest BCUT2D eigenvalue weighted by atomic mass is 35.5. The van der Waals surface area contributed by atoms with Gasteiger partial charge < -0.3 is 15.4 Å². The number of halogens is 1. The SMILES string of the molecule is CC(C(=O)N1CCOCC1)n1c(N)nc2cccc(Cl)c21. The molecule has 21 heavy (non-hydrogen) atoms. The molecule has 0 radical (unpaired) electrons. The summed E-state index contributed by atoms with van der Waals surface area (Å²) < 4.78 is 6.98. The number of nitrogens with two attached hydrogens (primary N) is 1. The van der Waals surface area contributed by atoms with E-state index in [1.54, 1.807) is 15.5 Å². The van der Waals surface area contributed by atoms with Crippen molar-refractivity contribution in [2.24, 2.45) is 0 Å². The van der Waals surface area contributed by atoms with Gasteiger partial charge in [0.25, 0.3) is 0 Å². The number of hydrogen-bond acceptors (Lipinski definition) is 4. The van der Waals surface area contributed by atoms with Crippen LogP contribution in [0, 0.1) is 0 Å². The van der Waals surface area contributed by atoms with E-state index in [9.17, 15) is 4.79 Å². The van der Waals surface area contributed by atoms with Gasteiger partial charge in [-0.3, -0.25) is 9.36 Å². The Bertz CT molecular complexity index is 679. The van der Waals surface area contributed by atoms with Crippen LogP contribution >= 0.6 is 11.6 Å². The average Bonchev–Trinajstić information content (AvgIpc) is 2.84. The van der Waals surface area contributed by atoms with Gasteiger partial charge in [0.05, 0.1) is 29.3 Å². The molecule has 1 fully saturated rings. The number of ether oxygens (including phenoxy) is 1. The molecule has 0 aliphatic carbocycles. The first kappa shape index (κ1) is 14.2. The Hall–Kier alpha value is -1.79. The summed E-state index contributed by atoms with van der Waals surface area (Å²) in [5, 5.41) is 0.540. The number of anilines is 1. The van der Waals surface area contributed by atoms with Gasteiger partial charge in [-0.25, -0.2) is 4.98 Å². The van der Waals surface area contributed by atoms with Gasteiger partial charge in [0.1, 0.15) is 6.04 Å². The number of carbonyl (C=O) groups excluding carboxylic acids is 1. The number of nitrogen functional groups attached to an aromatic ring is 1. The molecular weight excluding hydrogens is 292 g/mol. The lowest BCUT2D eigenvalue weighted by Gasteiger charge is -2.30. The Morgan fingerprint density at radius 3 is 2.86 bits per heavy atom. The van der Waals surface area contributed by atoms with Crippen LogP contribution in [0.25, 0.3) is 11.0 Å². The maximum Gasteiger partial charge on any atom is 0.245 e. The average molecular weight is 309 g/mol. The van der Waals surface area contributed by atoms with E-state index in [2.05, 4.69) is 4.98 Å². The van der Waals surface area contributed by atoms with Crippen LogP contribution in [0.5, 0.6) is 0 Å². The Kier molecular flexibility index (Phi) is 3.73. The number of rotatable bonds is 2. The second-order valence-electron chi connectivity index (χ2n) is 5.06. The second kappa shape index (κ2) is 5.54. The van der Waals surface area contributed by atoms with Crippen LogP contribution in [0.2, 0.25) is 5.02 Å². The lowest BCUT2D eigenvalue weighted by atomic mass is 10.2. The number of aromatic nitrogens is 2. The highest BCUT2D eigenvalue weighted by Gasteiger charge is 2.27. The number of carbonyl (C=O) groups is 1. The summed E-state index contributed by atoms with van der Waals surface area (Å²) in [6.07, 6.45) is 0. The summed E-state index contributed by atoms with van der Waals surface area (Å²) in [6, 6.07) is 4.97. The van der Waals surface area contributed by atoms with Gasteiger partial charge in [-0.1, -0.05) is 17.7 Å². The third-order valence-electron chi connectivity index (χ3n) is 3.76. The second-order valence-corrected chi connectivity index (χ2v) is 5.47. The first-order valence-corrected chi connectivity index (χ1v) is 7.26. The molecule has 1 atom stereocenters. The molecule has 7 heteroatoms. The minimum absolute atomic E-state index is 0.00391. The van der Waals surface area contributed by atoms with Gasteiger partial charge in [0, 0.05) is 13.1 Å². The number of morpholine rings is 1. The number of amides is 1. The zero-order chi connectivity index (χ0) is 15.0. The smallest absolute Gasteiger partial charge is 0.245 e. The predicted octanol–water partition coefficient (Wildman–Crippen LogP) is 1.69. The molecule has 1 aliphatic heterocycles. The largest absolute Gasteiger partial charge is 0.378 e. The van der Waals surface area contributed by atoms with Crippen molar-refractivity contribution in [1.29, 1.82) is 0 Å². The fraction of sp³-hybridized carbons (Fsp3) is 0.429. The van der Waals surface area contributed by atoms with Crippen molar-refractivity contribution in [1.82, 2.24) is 14.5 Å². The summed E-state index contributed by atoms with van der Waals surface area (Å²) in [5.41, 5.74) is 7.38. The lowest BCUT2D eigenvalue weighted by molar-refractivity contribution is -0.138. The van der Waals surface area contributed by atoms with Crippen LogP contribution < -0.4 is 5.73 Å². The Morgan fingerprint density at radius 1 is 1.43 bits per heavy atom. The molecule has 1 unspecified atom stereocenters. The maximum absolute atomic E-state index is 12.6. The van der Waals surface area contributed by atoms with Gasteiger partial charge in [-0.2, -0.15) is 0 Å². The molecule has 112 valence electrons. The molecule has 2 aromatic rings. The quantitative estimate of drug-likeness (QED) is 0.916. The van der Waals surface area contributed by atoms with Crippen LogP contribution in [-0.4, -0.2) is 46.7 Å². The topological polar surface area (TPSA) is 73.4 Å². The van der Waals surface area contributed by atoms with Crippen molar-refractivity contribution < 1.29 is 9.53 Å². The monoisotopic (exact) mass is 308 g/mol. The maximum atomic E-state index is 12.6. The zero-order valence-electron chi connectivity index (χ0n) is 11.8. The van der Waals surface area contributed by atoms with E-state index in [-0.39, 0.29) is 5.91 Å². The molecule has 0 saturated carbocycles. The van der Waals surface area contributed by atoms with E-state index in [4.69, 9.17) is 22.1 Å². The van der Waals surface area contributed by atoms with Gasteiger partial charge in [0.2, 0.25) is 11.9 Å². The molecule has 0 bridgehead atoms. The van der Waals surface area contributed by atoms with Crippen LogP contribution in [0.15, 0.2) is 18.2 Å². The lowest BCUT2D eigenvalue weighted by Crippen LogP contribution is -2.43. The molecular formula is C14H17ClN4O2. The Morgan fingerprint density at radius 2 is 2.14 bits per heavy atom. The standard InChI is InChI=1S/C14H17ClN4O2/c1-9(13(20)18-5-7-21-8-6-18)19-12-10(15)3-2-4-11(12)17-14(19)16/h2-4,9H,5-8H2,1H3,(H2,16,17). The first-order chi connectivity index (χ1) is 10.1. The highest BCUT2D eigenvalue weighted by molar-refractivity contribution is 6.35. The fourth-order valence-corrected chi connectivity index (χ4v) is 2.94. The molecule has 1 aromatic carbocycles. The molecule has 0 spiro atoms. The third kappa shape index (κ3) is 2.45. The van der Waals surface area contributed by atoms with E-state index >= 15 is 0 Å². The minimum Gasteiger partial charge on any atom is -0.378 e. The van der Waals surface area contributed by atoms with Crippen LogP contribution in [0.4, 0.5) is 5.95 Å². The van der Waals surface area contributed by atoms with Gasteiger partial charge >= 0.3 is 0 Å². The van der Waals surface area contributed by atoms with Crippen LogP contribution in [0.3, 0.4) is 0 Å².